The Morgan fingerprint density at radius 3 is 2.74 bits per heavy atom. The Morgan fingerprint density at radius 2 is 2.07 bits per heavy atom. The highest BCUT2D eigenvalue weighted by Gasteiger charge is 2.37. The van der Waals surface area contributed by atoms with Gasteiger partial charge >= 0.3 is 0 Å². The van der Waals surface area contributed by atoms with Gasteiger partial charge < -0.3 is 10.6 Å². The summed E-state index contributed by atoms with van der Waals surface area (Å²) in [4.78, 5) is 31.1. The summed E-state index contributed by atoms with van der Waals surface area (Å²) in [5.41, 5.74) is 2.39. The number of likely N-dealkylation sites (N-methyl/N-ethyl adjacent to an activating group) is 1. The normalized spacial score (nSPS) is 19.8. The lowest BCUT2D eigenvalue weighted by molar-refractivity contribution is -0.125. The molecule has 8 nitrogen and oxygen atoms in total. The van der Waals surface area contributed by atoms with Crippen LogP contribution in [0.25, 0.3) is 0 Å². The molecular formula is C19H26N6O2. The fourth-order valence-corrected chi connectivity index (χ4v) is 3.39. The lowest BCUT2D eigenvalue weighted by Gasteiger charge is -2.23. The summed E-state index contributed by atoms with van der Waals surface area (Å²) in [7, 11) is 0. The number of nitrogens with one attached hydrogen (secondary N) is 3. The number of carbonyl (C=O) groups excluding carboxylic acids is 2. The van der Waals surface area contributed by atoms with Crippen LogP contribution in [-0.2, 0) is 17.8 Å². The van der Waals surface area contributed by atoms with E-state index in [9.17, 15) is 9.59 Å². The highest BCUT2D eigenvalue weighted by Crippen LogP contribution is 2.21. The van der Waals surface area contributed by atoms with Crippen LogP contribution in [0.2, 0.25) is 0 Å². The Kier molecular flexibility index (Phi) is 6.18. The molecule has 1 aliphatic heterocycles. The van der Waals surface area contributed by atoms with Crippen LogP contribution in [-0.4, -0.2) is 57.1 Å². The standard InChI is InChI=1S/C19H26N6O2/c1-3-14-9-16(24-23-14)18(26)22-15-10-17(19(27)21-4-2)25(12-15)11-13-5-7-20-8-6-13/h5-9,15,17H,3-4,10-12H2,1-2H3,(H,21,27)(H,22,26)(H,23,24)/t15-,17-/m0/s1. The third kappa shape index (κ3) is 4.71. The second kappa shape index (κ2) is 8.77. The summed E-state index contributed by atoms with van der Waals surface area (Å²) >= 11 is 0. The van der Waals surface area contributed by atoms with Crippen molar-refractivity contribution in [2.75, 3.05) is 13.1 Å². The fraction of sp³-hybridized carbons (Fsp3) is 0.474. The number of hydrogen-bond acceptors (Lipinski definition) is 5. The van der Waals surface area contributed by atoms with Gasteiger partial charge in [0.25, 0.3) is 5.91 Å². The molecule has 1 fully saturated rings. The van der Waals surface area contributed by atoms with E-state index in [4.69, 9.17) is 0 Å². The molecule has 3 N–H and O–H groups in total. The zero-order valence-corrected chi connectivity index (χ0v) is 15.7. The van der Waals surface area contributed by atoms with Gasteiger partial charge in [0.15, 0.2) is 0 Å². The van der Waals surface area contributed by atoms with Crippen molar-refractivity contribution >= 4 is 11.8 Å². The maximum absolute atomic E-state index is 12.5. The van der Waals surface area contributed by atoms with Crippen LogP contribution in [0.15, 0.2) is 30.6 Å². The van der Waals surface area contributed by atoms with Crippen molar-refractivity contribution in [1.29, 1.82) is 0 Å². The molecule has 1 aliphatic rings. The molecule has 0 spiro atoms. The van der Waals surface area contributed by atoms with E-state index in [1.54, 1.807) is 18.5 Å². The number of rotatable bonds is 7. The summed E-state index contributed by atoms with van der Waals surface area (Å²) in [6, 6.07) is 5.27. The number of nitrogens with zero attached hydrogens (tertiary/aromatic N) is 3. The molecule has 1 saturated heterocycles. The minimum atomic E-state index is -0.270. The molecule has 0 bridgehead atoms. The van der Waals surface area contributed by atoms with Crippen molar-refractivity contribution in [2.45, 2.75) is 45.3 Å². The number of pyridine rings is 1. The first-order chi connectivity index (χ1) is 13.1. The van der Waals surface area contributed by atoms with Gasteiger partial charge in [0.1, 0.15) is 5.69 Å². The first-order valence-corrected chi connectivity index (χ1v) is 9.36. The number of hydrogen-bond donors (Lipinski definition) is 3. The van der Waals surface area contributed by atoms with E-state index < -0.39 is 0 Å². The first-order valence-electron chi connectivity index (χ1n) is 9.36. The van der Waals surface area contributed by atoms with Crippen LogP contribution in [0.4, 0.5) is 0 Å². The number of likely N-dealkylation sites (tertiary alicyclic amines) is 1. The van der Waals surface area contributed by atoms with Crippen molar-refractivity contribution in [3.05, 3.63) is 47.5 Å². The molecule has 0 saturated carbocycles. The van der Waals surface area contributed by atoms with Crippen molar-refractivity contribution in [1.82, 2.24) is 30.7 Å². The number of H-pyrrole nitrogens is 1. The highest BCUT2D eigenvalue weighted by atomic mass is 16.2. The third-order valence-electron chi connectivity index (χ3n) is 4.77. The predicted molar refractivity (Wildman–Crippen MR) is 101 cm³/mol. The molecular weight excluding hydrogens is 344 g/mol. The minimum Gasteiger partial charge on any atom is -0.355 e. The van der Waals surface area contributed by atoms with Gasteiger partial charge in [-0.1, -0.05) is 6.92 Å². The van der Waals surface area contributed by atoms with E-state index in [1.807, 2.05) is 26.0 Å². The molecule has 0 aliphatic carbocycles. The smallest absolute Gasteiger partial charge is 0.272 e. The number of amides is 2. The number of carbonyl (C=O) groups is 2. The molecule has 3 rings (SSSR count). The van der Waals surface area contributed by atoms with E-state index in [0.717, 1.165) is 17.7 Å². The fourth-order valence-electron chi connectivity index (χ4n) is 3.39. The molecule has 2 aromatic heterocycles. The molecule has 3 heterocycles. The summed E-state index contributed by atoms with van der Waals surface area (Å²) in [5.74, 6) is -0.215. The van der Waals surface area contributed by atoms with Crippen LogP contribution < -0.4 is 10.6 Å². The number of aryl methyl sites for hydroxylation is 1. The Morgan fingerprint density at radius 1 is 1.30 bits per heavy atom. The van der Waals surface area contributed by atoms with Crippen molar-refractivity contribution in [3.63, 3.8) is 0 Å². The summed E-state index contributed by atoms with van der Waals surface area (Å²) in [6.07, 6.45) is 4.86. The van der Waals surface area contributed by atoms with Gasteiger partial charge in [-0.25, -0.2) is 0 Å². The lowest BCUT2D eigenvalue weighted by Crippen LogP contribution is -2.42. The van der Waals surface area contributed by atoms with Crippen LogP contribution in [0.1, 0.15) is 42.0 Å². The molecule has 0 radical (unpaired) electrons. The summed E-state index contributed by atoms with van der Waals surface area (Å²) in [6.45, 7) is 5.74. The van der Waals surface area contributed by atoms with Crippen LogP contribution in [0, 0.1) is 0 Å². The largest absolute Gasteiger partial charge is 0.355 e. The van der Waals surface area contributed by atoms with Gasteiger partial charge in [-0.05, 0) is 43.5 Å². The molecule has 8 heteroatoms. The Balaban J connectivity index is 1.67. The van der Waals surface area contributed by atoms with Gasteiger partial charge in [0.05, 0.1) is 6.04 Å². The Bertz CT molecular complexity index is 776. The maximum atomic E-state index is 12.5. The van der Waals surface area contributed by atoms with Gasteiger partial charge in [-0.15, -0.1) is 0 Å². The maximum Gasteiger partial charge on any atom is 0.272 e. The SMILES string of the molecule is CCNC(=O)[C@@H]1C[C@H](NC(=O)c2cc(CC)[nH]n2)CN1Cc1ccncc1. The van der Waals surface area contributed by atoms with Crippen molar-refractivity contribution in [2.24, 2.45) is 0 Å². The molecule has 144 valence electrons. The van der Waals surface area contributed by atoms with Gasteiger partial charge in [-0.2, -0.15) is 5.10 Å². The predicted octanol–water partition coefficient (Wildman–Crippen LogP) is 0.876. The lowest BCUT2D eigenvalue weighted by atomic mass is 10.1. The van der Waals surface area contributed by atoms with Gasteiger partial charge in [0.2, 0.25) is 5.91 Å². The summed E-state index contributed by atoms with van der Waals surface area (Å²) in [5, 5.41) is 12.8. The van der Waals surface area contributed by atoms with Gasteiger partial charge in [0, 0.05) is 43.8 Å². The van der Waals surface area contributed by atoms with Crippen LogP contribution in [0.3, 0.4) is 0 Å². The van der Waals surface area contributed by atoms with Crippen molar-refractivity contribution < 1.29 is 9.59 Å². The molecule has 0 unspecified atom stereocenters. The molecule has 2 aromatic rings. The van der Waals surface area contributed by atoms with Crippen molar-refractivity contribution in [3.8, 4) is 0 Å². The average molecular weight is 370 g/mol. The van der Waals surface area contributed by atoms with E-state index in [2.05, 4.69) is 30.7 Å². The highest BCUT2D eigenvalue weighted by molar-refractivity contribution is 5.92. The van der Waals surface area contributed by atoms with E-state index >= 15 is 0 Å². The molecule has 0 aromatic carbocycles. The second-order valence-electron chi connectivity index (χ2n) is 6.73. The number of aromatic nitrogens is 3. The molecule has 27 heavy (non-hydrogen) atoms. The van der Waals surface area contributed by atoms with E-state index in [-0.39, 0.29) is 23.9 Å². The quantitative estimate of drug-likeness (QED) is 0.671. The van der Waals surface area contributed by atoms with E-state index in [0.29, 0.717) is 31.7 Å². The number of aromatic amines is 1. The Hall–Kier alpha value is -2.74. The molecule has 2 amide bonds. The van der Waals surface area contributed by atoms with E-state index in [1.165, 1.54) is 0 Å². The monoisotopic (exact) mass is 370 g/mol. The van der Waals surface area contributed by atoms with Crippen LogP contribution in [0.5, 0.6) is 0 Å². The first kappa shape index (κ1) is 19.0. The third-order valence-corrected chi connectivity index (χ3v) is 4.77. The van der Waals surface area contributed by atoms with Crippen LogP contribution >= 0.6 is 0 Å². The molecule has 2 atom stereocenters. The Labute approximate surface area is 158 Å². The minimum absolute atomic E-state index is 0.00339. The van der Waals surface area contributed by atoms with Gasteiger partial charge in [-0.3, -0.25) is 24.6 Å². The zero-order chi connectivity index (χ0) is 19.2. The topological polar surface area (TPSA) is 103 Å². The summed E-state index contributed by atoms with van der Waals surface area (Å²) < 4.78 is 0. The zero-order valence-electron chi connectivity index (χ0n) is 15.7. The average Bonchev–Trinajstić information content (AvgIpc) is 3.30. The second-order valence-corrected chi connectivity index (χ2v) is 6.73.